The Balaban J connectivity index is 0.000000861. The lowest BCUT2D eigenvalue weighted by Crippen LogP contribution is -2.19. The highest BCUT2D eigenvalue weighted by Gasteiger charge is 2.42. The summed E-state index contributed by atoms with van der Waals surface area (Å²) in [6.07, 6.45) is 2.26. The number of benzene rings is 2. The Labute approximate surface area is 219 Å². The molecule has 4 aromatic rings. The third-order valence-corrected chi connectivity index (χ3v) is 7.69. The average Bonchev–Trinajstić information content (AvgIpc) is 3.29. The van der Waals surface area contributed by atoms with Gasteiger partial charge in [0.2, 0.25) is 0 Å². The van der Waals surface area contributed by atoms with Crippen LogP contribution in [-0.4, -0.2) is 14.4 Å². The highest BCUT2D eigenvalue weighted by molar-refractivity contribution is 5.99. The van der Waals surface area contributed by atoms with E-state index in [1.165, 1.54) is 27.6 Å². The summed E-state index contributed by atoms with van der Waals surface area (Å²) in [6.45, 7) is 28.9. The van der Waals surface area contributed by atoms with Gasteiger partial charge in [-0.1, -0.05) is 102 Å². The van der Waals surface area contributed by atoms with E-state index in [-0.39, 0.29) is 16.2 Å². The fourth-order valence-electron chi connectivity index (χ4n) is 6.11. The number of fused-ring (bicyclic) bond motifs is 6. The first-order chi connectivity index (χ1) is 16.8. The van der Waals surface area contributed by atoms with Crippen LogP contribution >= 0.6 is 0 Å². The Morgan fingerprint density at radius 2 is 1.47 bits per heavy atom. The maximum Gasteiger partial charge on any atom is 0.149 e. The lowest BCUT2D eigenvalue weighted by molar-refractivity contribution is 0.403. The van der Waals surface area contributed by atoms with Crippen molar-refractivity contribution < 1.29 is 0 Å². The fourth-order valence-corrected chi connectivity index (χ4v) is 6.11. The van der Waals surface area contributed by atoms with Gasteiger partial charge in [-0.05, 0) is 64.5 Å². The molecule has 36 heavy (non-hydrogen) atoms. The predicted octanol–water partition coefficient (Wildman–Crippen LogP) is 9.86. The molecule has 1 aliphatic rings. The maximum absolute atomic E-state index is 5.31. The molecule has 196 valence electrons. The molecule has 0 aliphatic heterocycles. The average molecular weight is 488 g/mol. The molecule has 0 radical (unpaired) electrons. The molecule has 2 aromatic carbocycles. The summed E-state index contributed by atoms with van der Waals surface area (Å²) in [4.78, 5) is 10.6. The van der Waals surface area contributed by atoms with E-state index in [9.17, 15) is 0 Å². The number of nitrogens with zero attached hydrogens (tertiary/aromatic N) is 3. The van der Waals surface area contributed by atoms with Crippen molar-refractivity contribution in [3.05, 3.63) is 52.8 Å². The van der Waals surface area contributed by atoms with Crippen molar-refractivity contribution in [3.63, 3.8) is 0 Å². The minimum Gasteiger partial charge on any atom is -0.279 e. The Kier molecular flexibility index (Phi) is 7.66. The minimum atomic E-state index is -0.0970. The van der Waals surface area contributed by atoms with Crippen molar-refractivity contribution in [2.24, 2.45) is 0 Å². The minimum absolute atomic E-state index is 0.0970. The predicted molar refractivity (Wildman–Crippen MR) is 159 cm³/mol. The Bertz CT molecular complexity index is 1380. The normalized spacial score (nSPS) is 16.8. The van der Waals surface area contributed by atoms with Crippen LogP contribution in [0.15, 0.2) is 30.3 Å². The van der Waals surface area contributed by atoms with Crippen LogP contribution < -0.4 is 0 Å². The summed E-state index contributed by atoms with van der Waals surface area (Å²) in [7, 11) is 0. The zero-order valence-electron chi connectivity index (χ0n) is 25.2. The summed E-state index contributed by atoms with van der Waals surface area (Å²) in [6, 6.07) is 11.4. The van der Waals surface area contributed by atoms with E-state index in [0.29, 0.717) is 5.92 Å². The van der Waals surface area contributed by atoms with Gasteiger partial charge in [-0.15, -0.1) is 0 Å². The topological polar surface area (TPSA) is 30.2 Å². The molecule has 5 rings (SSSR count). The molecule has 2 aromatic heterocycles. The SMILES string of the molecule is CC.CC.CCC(C)c1cccc2nc(C(C)(C)C)n3c4cc5c(cc4nc3c12)C(C)(C)CC5(C)C. The molecule has 3 heteroatoms. The zero-order chi connectivity index (χ0) is 27.2. The summed E-state index contributed by atoms with van der Waals surface area (Å²) in [5.41, 5.74) is 8.90. The van der Waals surface area contributed by atoms with Gasteiger partial charge in [0, 0.05) is 10.8 Å². The third-order valence-electron chi connectivity index (χ3n) is 7.69. The van der Waals surface area contributed by atoms with Gasteiger partial charge in [-0.25, -0.2) is 9.97 Å². The molecule has 0 amide bonds. The van der Waals surface area contributed by atoms with Gasteiger partial charge in [-0.2, -0.15) is 0 Å². The summed E-state index contributed by atoms with van der Waals surface area (Å²) in [5, 5.41) is 1.21. The highest BCUT2D eigenvalue weighted by Crippen LogP contribution is 2.50. The van der Waals surface area contributed by atoms with Crippen molar-refractivity contribution in [3.8, 4) is 0 Å². The van der Waals surface area contributed by atoms with Gasteiger partial charge in [0.1, 0.15) is 11.5 Å². The van der Waals surface area contributed by atoms with E-state index in [4.69, 9.17) is 9.97 Å². The van der Waals surface area contributed by atoms with Crippen LogP contribution in [-0.2, 0) is 16.2 Å². The molecule has 2 heterocycles. The van der Waals surface area contributed by atoms with E-state index in [1.54, 1.807) is 0 Å². The number of hydrogen-bond acceptors (Lipinski definition) is 2. The Morgan fingerprint density at radius 3 is 2.03 bits per heavy atom. The molecule has 0 N–H and O–H groups in total. The Hall–Kier alpha value is -2.42. The molecule has 1 atom stereocenters. The first kappa shape index (κ1) is 28.2. The first-order valence-corrected chi connectivity index (χ1v) is 14.2. The molecular weight excluding hydrogens is 438 g/mol. The second-order valence-corrected chi connectivity index (χ2v) is 12.3. The fraction of sp³-hybridized carbons (Fsp3) is 0.576. The van der Waals surface area contributed by atoms with Crippen LogP contribution in [0, 0.1) is 0 Å². The number of rotatable bonds is 2. The van der Waals surface area contributed by atoms with E-state index in [1.807, 2.05) is 27.7 Å². The van der Waals surface area contributed by atoms with Gasteiger partial charge < -0.3 is 0 Å². The maximum atomic E-state index is 5.31. The van der Waals surface area contributed by atoms with Crippen LogP contribution in [0.4, 0.5) is 0 Å². The zero-order valence-corrected chi connectivity index (χ0v) is 25.2. The molecule has 0 bridgehead atoms. The van der Waals surface area contributed by atoms with Crippen molar-refractivity contribution in [2.75, 3.05) is 0 Å². The Morgan fingerprint density at radius 1 is 0.889 bits per heavy atom. The molecule has 0 fully saturated rings. The lowest BCUT2D eigenvalue weighted by atomic mass is 9.82. The van der Waals surface area contributed by atoms with Crippen molar-refractivity contribution >= 4 is 27.6 Å². The van der Waals surface area contributed by atoms with Crippen molar-refractivity contribution in [1.82, 2.24) is 14.4 Å². The molecule has 1 aliphatic carbocycles. The summed E-state index contributed by atoms with van der Waals surface area (Å²) >= 11 is 0. The monoisotopic (exact) mass is 487 g/mol. The second-order valence-electron chi connectivity index (χ2n) is 12.3. The smallest absolute Gasteiger partial charge is 0.149 e. The van der Waals surface area contributed by atoms with Crippen LogP contribution in [0.2, 0.25) is 0 Å². The van der Waals surface area contributed by atoms with E-state index in [0.717, 1.165) is 35.3 Å². The lowest BCUT2D eigenvalue weighted by Gasteiger charge is -2.23. The van der Waals surface area contributed by atoms with Gasteiger partial charge >= 0.3 is 0 Å². The van der Waals surface area contributed by atoms with Gasteiger partial charge in [-0.3, -0.25) is 4.40 Å². The molecule has 0 saturated carbocycles. The third kappa shape index (κ3) is 4.44. The van der Waals surface area contributed by atoms with Gasteiger partial charge in [0.05, 0.1) is 16.6 Å². The molecular formula is C33H49N3. The highest BCUT2D eigenvalue weighted by atomic mass is 15.1. The summed E-state index contributed by atoms with van der Waals surface area (Å²) in [5.74, 6) is 1.55. The van der Waals surface area contributed by atoms with Crippen LogP contribution in [0.3, 0.4) is 0 Å². The van der Waals surface area contributed by atoms with Crippen molar-refractivity contribution in [2.45, 2.75) is 125 Å². The number of hydrogen-bond donors (Lipinski definition) is 0. The molecule has 1 unspecified atom stereocenters. The molecule has 0 spiro atoms. The quantitative estimate of drug-likeness (QED) is 0.281. The van der Waals surface area contributed by atoms with Gasteiger partial charge in [0.15, 0.2) is 0 Å². The molecule has 3 nitrogen and oxygen atoms in total. The van der Waals surface area contributed by atoms with E-state index in [2.05, 4.69) is 97.0 Å². The van der Waals surface area contributed by atoms with Gasteiger partial charge in [0.25, 0.3) is 0 Å². The van der Waals surface area contributed by atoms with E-state index >= 15 is 0 Å². The van der Waals surface area contributed by atoms with Crippen LogP contribution in [0.25, 0.3) is 27.6 Å². The van der Waals surface area contributed by atoms with Crippen molar-refractivity contribution in [1.29, 1.82) is 0 Å². The standard InChI is InChI=1S/C29H37N3.2C2H6/c1-10-17(2)18-12-11-13-21-24(18)25-30-22-14-19-20(29(8,9)16-28(19,6)7)15-23(22)32(25)26(31-21)27(3,4)5;2*1-2/h11-15,17H,10,16H2,1-9H3;2*1-2H3. The van der Waals surface area contributed by atoms with Crippen LogP contribution in [0.1, 0.15) is 131 Å². The molecule has 0 saturated heterocycles. The van der Waals surface area contributed by atoms with E-state index < -0.39 is 0 Å². The first-order valence-electron chi connectivity index (χ1n) is 14.2. The van der Waals surface area contributed by atoms with Crippen LogP contribution in [0.5, 0.6) is 0 Å². The number of imidazole rings is 1. The second kappa shape index (κ2) is 9.80. The largest absolute Gasteiger partial charge is 0.279 e. The summed E-state index contributed by atoms with van der Waals surface area (Å²) < 4.78 is 2.37. The number of aromatic nitrogens is 3.